The summed E-state index contributed by atoms with van der Waals surface area (Å²) in [6, 6.07) is -0.271. The zero-order valence-corrected chi connectivity index (χ0v) is 54.8. The van der Waals surface area contributed by atoms with Crippen molar-refractivity contribution < 1.29 is 67.5 Å². The van der Waals surface area contributed by atoms with Crippen LogP contribution < -0.4 is 0 Å². The maximum atomic E-state index is 14.0. The molecule has 4 bridgehead atoms. The molecule has 4 aliphatic carbocycles. The van der Waals surface area contributed by atoms with E-state index >= 15 is 0 Å². The van der Waals surface area contributed by atoms with Crippen molar-refractivity contribution in [2.45, 2.75) is 245 Å². The summed E-state index contributed by atoms with van der Waals surface area (Å²) in [5.74, 6) is -2.17. The molecule has 6 rings (SSSR count). The predicted molar refractivity (Wildman–Crippen MR) is 329 cm³/mol. The number of carboxylic acids is 2. The molecule has 478 valence electrons. The fourth-order valence-electron chi connectivity index (χ4n) is 13.4. The molecule has 6 aliphatic rings. The van der Waals surface area contributed by atoms with E-state index in [1.54, 1.807) is 31.9 Å². The maximum absolute atomic E-state index is 14.0. The van der Waals surface area contributed by atoms with Gasteiger partial charge >= 0.3 is 35.8 Å². The van der Waals surface area contributed by atoms with Crippen molar-refractivity contribution in [2.75, 3.05) is 26.3 Å². The zero-order chi connectivity index (χ0) is 64.3. The van der Waals surface area contributed by atoms with Crippen molar-refractivity contribution in [1.29, 1.82) is 0 Å². The number of hydrogen-bond acceptors (Lipinski definition) is 12. The minimum absolute atomic E-state index is 0.0186. The summed E-state index contributed by atoms with van der Waals surface area (Å²) in [5.41, 5.74) is -0.807. The fraction of sp³-hybridized carbons (Fsp3) is 0.765. The predicted octanol–water partition coefficient (Wildman–Crippen LogP) is 13.9. The molecule has 16 heteroatoms. The second kappa shape index (κ2) is 32.5. The molecule has 4 saturated carbocycles. The first-order valence-corrected chi connectivity index (χ1v) is 31.2. The Morgan fingerprint density at radius 2 is 1.13 bits per heavy atom. The minimum Gasteiger partial charge on any atom is -0.481 e. The summed E-state index contributed by atoms with van der Waals surface area (Å²) in [5, 5.41) is 18.0. The lowest BCUT2D eigenvalue weighted by molar-refractivity contribution is -0.174. The Labute approximate surface area is 505 Å². The van der Waals surface area contributed by atoms with Crippen LogP contribution >= 0.6 is 0 Å². The molecule has 10 atom stereocenters. The van der Waals surface area contributed by atoms with Crippen molar-refractivity contribution in [1.82, 2.24) is 9.80 Å². The van der Waals surface area contributed by atoms with Crippen LogP contribution in [-0.4, -0.2) is 112 Å². The number of fused-ring (bicyclic) bond motifs is 4. The number of hydrogen-bond donors (Lipinski definition) is 2. The van der Waals surface area contributed by atoms with Gasteiger partial charge in [-0.25, -0.2) is 14.4 Å². The van der Waals surface area contributed by atoms with Gasteiger partial charge in [-0.15, -0.1) is 0 Å². The molecular weight excluding hydrogens is 1070 g/mol. The van der Waals surface area contributed by atoms with Crippen LogP contribution in [0, 0.1) is 62.1 Å². The number of carboxylic acid groups (broad SMARTS) is 2. The van der Waals surface area contributed by atoms with Crippen LogP contribution in [0.4, 0.5) is 0 Å². The highest BCUT2D eigenvalue weighted by Crippen LogP contribution is 2.67. The highest BCUT2D eigenvalue weighted by Gasteiger charge is 2.64. The van der Waals surface area contributed by atoms with E-state index in [0.29, 0.717) is 66.7 Å². The summed E-state index contributed by atoms with van der Waals surface area (Å²) < 4.78 is 22.5. The molecule has 16 nitrogen and oxygen atoms in total. The molecule has 2 heterocycles. The number of carbonyl (C=O) groups is 8. The van der Waals surface area contributed by atoms with Crippen LogP contribution in [0.2, 0.25) is 0 Å². The second-order valence-corrected chi connectivity index (χ2v) is 28.1. The summed E-state index contributed by atoms with van der Waals surface area (Å²) >= 11 is 0. The lowest BCUT2D eigenvalue weighted by atomic mass is 9.67. The van der Waals surface area contributed by atoms with E-state index in [-0.39, 0.29) is 96.0 Å². The van der Waals surface area contributed by atoms with Gasteiger partial charge in [-0.3, -0.25) is 24.0 Å². The lowest BCUT2D eigenvalue weighted by Gasteiger charge is -2.41. The number of nitrogens with zero attached hydrogens (tertiary/aromatic N) is 2. The van der Waals surface area contributed by atoms with E-state index in [1.807, 2.05) is 53.4 Å². The van der Waals surface area contributed by atoms with Crippen LogP contribution in [0.3, 0.4) is 0 Å². The van der Waals surface area contributed by atoms with Crippen molar-refractivity contribution >= 4 is 47.6 Å². The van der Waals surface area contributed by atoms with Crippen LogP contribution in [-0.2, 0) is 57.3 Å². The Bertz CT molecular complexity index is 2320. The molecule has 2 N–H and O–H groups in total. The van der Waals surface area contributed by atoms with Crippen molar-refractivity contribution in [3.63, 3.8) is 0 Å². The Morgan fingerprint density at radius 3 is 1.54 bits per heavy atom. The standard InChI is InChI=1S/C35H59NO7.C14H22O2.C8H13NO.C8H14O2.C3H4O2/c1-10-33(7,31(41)43-27-19-26-15-16-35(27,9)32(26,5)6)22-34(8,30(40)42-21-23(2)3)20-25(29(38)39)18-24(4)36-17-13-11-12-14-28(36)37;1-9(2)12(15)16-11-8-10-6-7-14(11,5)13(10,3)4;1-2-9-7-5-3-4-6-8(9)10;1-6(2)5-10-8(9)7(3)4;1-2-3(4)5/h23-27H,10-22H2,1-9H3,(H,38,39);10-11H,1,6-8H2,2-5H3;2H,1,3-7H2;6H,3,5H2,1-2,4H3;2H,1H2,(H,4,5). The van der Waals surface area contributed by atoms with Crippen LogP contribution in [0.25, 0.3) is 0 Å². The first kappa shape index (κ1) is 74.8. The Hall–Kier alpha value is -5.28. The van der Waals surface area contributed by atoms with Gasteiger partial charge in [-0.05, 0) is 165 Å². The average Bonchev–Trinajstić information content (AvgIpc) is 1.88. The molecule has 0 aromatic heterocycles. The molecule has 2 aliphatic heterocycles. The SMILES string of the molecule is C=C(C)C(=O)OC1CC2CCC1(C)C2(C)C.C=C(C)C(=O)OCC(C)C.C=CC(=O)O.C=CN1CCCCCC1=O.CCC(C)(CC(C)(CC(CC(C)N1CCCCCC1=O)C(=O)O)C(=O)OCC(C)C)C(=O)OC1CC2CCC1(C)C2(C)C. The molecule has 84 heavy (non-hydrogen) atoms. The number of carbonyl (C=O) groups excluding carboxylic acids is 6. The number of amides is 2. The summed E-state index contributed by atoms with van der Waals surface area (Å²) in [7, 11) is 0. The highest BCUT2D eigenvalue weighted by atomic mass is 16.6. The van der Waals surface area contributed by atoms with Gasteiger partial charge in [0.2, 0.25) is 11.8 Å². The molecular formula is C68H112N2O14. The monoisotopic (exact) mass is 1180 g/mol. The summed E-state index contributed by atoms with van der Waals surface area (Å²) in [6.45, 7) is 48.2. The smallest absolute Gasteiger partial charge is 0.333 e. The first-order valence-electron chi connectivity index (χ1n) is 31.2. The third kappa shape index (κ3) is 19.9. The Morgan fingerprint density at radius 1 is 0.667 bits per heavy atom. The van der Waals surface area contributed by atoms with Crippen molar-refractivity contribution in [3.8, 4) is 0 Å². The summed E-state index contributed by atoms with van der Waals surface area (Å²) in [6.07, 6.45) is 17.0. The number of rotatable bonds is 21. The first-order chi connectivity index (χ1) is 38.8. The van der Waals surface area contributed by atoms with E-state index in [1.165, 1.54) is 19.3 Å². The third-order valence-electron chi connectivity index (χ3n) is 20.1. The molecule has 2 saturated heterocycles. The number of esters is 4. The molecule has 0 aromatic carbocycles. The van der Waals surface area contributed by atoms with Crippen molar-refractivity contribution in [2.24, 2.45) is 62.1 Å². The van der Waals surface area contributed by atoms with Crippen LogP contribution in [0.1, 0.15) is 226 Å². The van der Waals surface area contributed by atoms with Crippen LogP contribution in [0.5, 0.6) is 0 Å². The van der Waals surface area contributed by atoms with E-state index < -0.39 is 34.7 Å². The fourth-order valence-corrected chi connectivity index (χ4v) is 13.4. The molecule has 10 unspecified atom stereocenters. The quantitative estimate of drug-likeness (QED) is 0.0620. The number of aliphatic carboxylic acids is 2. The largest absolute Gasteiger partial charge is 0.481 e. The number of likely N-dealkylation sites (tertiary alicyclic amines) is 2. The van der Waals surface area contributed by atoms with Gasteiger partial charge in [0.1, 0.15) is 12.2 Å². The van der Waals surface area contributed by atoms with E-state index in [2.05, 4.69) is 67.9 Å². The second-order valence-electron chi connectivity index (χ2n) is 28.1. The normalized spacial score (nSPS) is 26.5. The minimum atomic E-state index is -1.23. The van der Waals surface area contributed by atoms with Gasteiger partial charge in [0, 0.05) is 60.0 Å². The molecule has 0 radical (unpaired) electrons. The van der Waals surface area contributed by atoms with E-state index in [0.717, 1.165) is 70.4 Å². The van der Waals surface area contributed by atoms with Crippen LogP contribution in [0.15, 0.2) is 49.7 Å². The average molecular weight is 1180 g/mol. The third-order valence-corrected chi connectivity index (χ3v) is 20.1. The van der Waals surface area contributed by atoms with Gasteiger partial charge in [0.05, 0.1) is 30.0 Å². The van der Waals surface area contributed by atoms with Gasteiger partial charge in [-0.2, -0.15) is 0 Å². The zero-order valence-electron chi connectivity index (χ0n) is 54.8. The number of ether oxygens (including phenoxy) is 4. The van der Waals surface area contributed by atoms with Gasteiger partial charge in [0.15, 0.2) is 0 Å². The highest BCUT2D eigenvalue weighted by molar-refractivity contribution is 5.87. The van der Waals surface area contributed by atoms with Gasteiger partial charge in [-0.1, -0.05) is 115 Å². The molecule has 0 spiro atoms. The molecule has 6 fully saturated rings. The van der Waals surface area contributed by atoms with E-state index in [4.69, 9.17) is 24.1 Å². The van der Waals surface area contributed by atoms with Gasteiger partial charge in [0.25, 0.3) is 0 Å². The Balaban J connectivity index is 0.000000469. The summed E-state index contributed by atoms with van der Waals surface area (Å²) in [4.78, 5) is 99.4. The van der Waals surface area contributed by atoms with E-state index in [9.17, 15) is 43.5 Å². The molecule has 2 amide bonds. The molecule has 0 aromatic rings. The lowest BCUT2D eigenvalue weighted by Crippen LogP contribution is -2.46. The topological polar surface area (TPSA) is 220 Å². The Kier molecular flexibility index (Phi) is 28.9. The van der Waals surface area contributed by atoms with Crippen molar-refractivity contribution in [3.05, 3.63) is 49.7 Å². The van der Waals surface area contributed by atoms with Gasteiger partial charge < -0.3 is 39.0 Å². The maximum Gasteiger partial charge on any atom is 0.333 e.